The minimum atomic E-state index is -1.15. The summed E-state index contributed by atoms with van der Waals surface area (Å²) < 4.78 is 67.8. The highest BCUT2D eigenvalue weighted by molar-refractivity contribution is 5.98. The summed E-state index contributed by atoms with van der Waals surface area (Å²) in [6.45, 7) is 7.77. The Morgan fingerprint density at radius 3 is 1.07 bits per heavy atom. The Morgan fingerprint density at radius 1 is 0.385 bits per heavy atom. The van der Waals surface area contributed by atoms with E-state index < -0.39 is 57.6 Å². The first-order valence-electron chi connectivity index (χ1n) is 30.6. The van der Waals surface area contributed by atoms with Crippen molar-refractivity contribution in [3.8, 4) is 51.7 Å². The predicted octanol–water partition coefficient (Wildman–Crippen LogP) is 4.70. The van der Waals surface area contributed by atoms with E-state index in [1.807, 2.05) is 12.1 Å². The second-order valence-electron chi connectivity index (χ2n) is 20.6. The average molecular weight is 1290 g/mol. The molecule has 4 rings (SSSR count). The Balaban J connectivity index is 1.48. The Labute approximate surface area is 532 Å². The lowest BCUT2D eigenvalue weighted by Gasteiger charge is -2.33. The van der Waals surface area contributed by atoms with Crippen LogP contribution in [0.2, 0.25) is 0 Å². The molecule has 0 aliphatic rings. The molecule has 0 aliphatic carbocycles. The summed E-state index contributed by atoms with van der Waals surface area (Å²) in [5.74, 6) is -4.18. The van der Waals surface area contributed by atoms with Gasteiger partial charge in [0.1, 0.15) is 19.8 Å². The lowest BCUT2D eigenvalue weighted by atomic mass is 9.74. The van der Waals surface area contributed by atoms with Crippen molar-refractivity contribution < 1.29 is 107 Å². The van der Waals surface area contributed by atoms with E-state index in [0.29, 0.717) is 122 Å². The summed E-state index contributed by atoms with van der Waals surface area (Å²) in [5, 5.41) is 76.0. The van der Waals surface area contributed by atoms with Crippen LogP contribution < -0.4 is 40.8 Å². The minimum Gasteiger partial charge on any atom is -0.504 e. The first kappa shape index (κ1) is 76.0. The van der Waals surface area contributed by atoms with Crippen molar-refractivity contribution in [2.45, 2.75) is 57.9 Å². The number of ether oxygens (including phenoxy) is 12. The van der Waals surface area contributed by atoms with Crippen molar-refractivity contribution >= 4 is 23.6 Å². The molecule has 0 heterocycles. The number of hydrogen-bond acceptors (Lipinski definition) is 23. The molecule has 0 radical (unpaired) electrons. The zero-order chi connectivity index (χ0) is 65.7. The smallest absolute Gasteiger partial charge is 0.255 e. The van der Waals surface area contributed by atoms with E-state index in [9.17, 15) is 49.8 Å². The summed E-state index contributed by atoms with van der Waals surface area (Å²) in [5.41, 5.74) is -0.754. The number of aromatic hydroxyl groups is 6. The molecule has 4 amide bonds. The number of hydrogen-bond donors (Lipinski definition) is 11. The van der Waals surface area contributed by atoms with Crippen LogP contribution in [0.15, 0.2) is 66.7 Å². The lowest BCUT2D eigenvalue weighted by Crippen LogP contribution is -2.43. The number of methoxy groups -OCH3 is 3. The summed E-state index contributed by atoms with van der Waals surface area (Å²) in [7, 11) is 4.82. The van der Waals surface area contributed by atoms with E-state index in [2.05, 4.69) is 26.6 Å². The van der Waals surface area contributed by atoms with Crippen LogP contribution in [0.25, 0.3) is 0 Å². The zero-order valence-electron chi connectivity index (χ0n) is 52.7. The van der Waals surface area contributed by atoms with Gasteiger partial charge in [-0.05, 0) is 112 Å². The standard InChI is InChI=1S/C64H95N5O22/c1-80-26-29-83-32-35-86-38-41-89-54-44-47(45-55(90-42-39-87-36-33-84-30-27-81-2)59(54)91-43-40-88-37-34-85-31-28-82-3)46-65-21-4-5-22-69-63(79)64(18-9-23-66-60(76)48-12-6-15-51(70)56(48)73,19-10-24-67-61(77)49-13-7-16-52(71)57(49)74)20-11-25-68-62(78)50-14-8-17-53(72)58(50)75/h6-8,12-17,44-45,65,70-75H,4-5,9-11,18-43,46H2,1-3H3,(H,66,76)(H,67,77)(H,68,78)(H,69,79). The number of para-hydroxylation sites is 3. The highest BCUT2D eigenvalue weighted by atomic mass is 16.6. The highest BCUT2D eigenvalue weighted by Crippen LogP contribution is 2.40. The number of amides is 4. The third-order valence-electron chi connectivity index (χ3n) is 13.9. The van der Waals surface area contributed by atoms with Gasteiger partial charge < -0.3 is 114 Å². The third-order valence-corrected chi connectivity index (χ3v) is 13.9. The Morgan fingerprint density at radius 2 is 0.703 bits per heavy atom. The number of rotatable bonds is 53. The number of unbranched alkanes of at least 4 members (excludes halogenated alkanes) is 1. The van der Waals surface area contributed by atoms with Crippen LogP contribution in [0, 0.1) is 5.41 Å². The molecule has 11 N–H and O–H groups in total. The topological polar surface area (TPSA) is 361 Å². The molecule has 0 spiro atoms. The molecule has 0 aliphatic heterocycles. The van der Waals surface area contributed by atoms with E-state index in [1.54, 1.807) is 21.3 Å². The van der Waals surface area contributed by atoms with Crippen LogP contribution >= 0.6 is 0 Å². The molecular formula is C64H95N5O22. The number of phenolic OH excluding ortho intramolecular Hbond substituents is 6. The maximum Gasteiger partial charge on any atom is 0.255 e. The van der Waals surface area contributed by atoms with Gasteiger partial charge in [-0.1, -0.05) is 18.2 Å². The number of nitrogens with one attached hydrogen (secondary N) is 5. The van der Waals surface area contributed by atoms with Crippen LogP contribution in [0.4, 0.5) is 0 Å². The molecule has 27 heteroatoms. The highest BCUT2D eigenvalue weighted by Gasteiger charge is 2.37. The molecule has 0 unspecified atom stereocenters. The molecule has 27 nitrogen and oxygen atoms in total. The Hall–Kier alpha value is -7.44. The van der Waals surface area contributed by atoms with Crippen molar-refractivity contribution in [3.63, 3.8) is 0 Å². The van der Waals surface area contributed by atoms with Crippen LogP contribution in [0.1, 0.15) is 88.0 Å². The van der Waals surface area contributed by atoms with Gasteiger partial charge in [0.25, 0.3) is 17.7 Å². The zero-order valence-corrected chi connectivity index (χ0v) is 52.7. The molecule has 0 bridgehead atoms. The van der Waals surface area contributed by atoms with Gasteiger partial charge in [-0.3, -0.25) is 19.2 Å². The first-order chi connectivity index (χ1) is 44.3. The molecule has 0 saturated heterocycles. The van der Waals surface area contributed by atoms with Crippen molar-refractivity contribution in [1.82, 2.24) is 26.6 Å². The Bertz CT molecular complexity index is 2510. The monoisotopic (exact) mass is 1290 g/mol. The van der Waals surface area contributed by atoms with Crippen LogP contribution in [-0.4, -0.2) is 227 Å². The third kappa shape index (κ3) is 29.2. The van der Waals surface area contributed by atoms with Crippen molar-refractivity contribution in [3.05, 3.63) is 89.0 Å². The van der Waals surface area contributed by atoms with Gasteiger partial charge in [0, 0.05) is 59.5 Å². The fourth-order valence-electron chi connectivity index (χ4n) is 9.13. The fraction of sp³-hybridized carbons (Fsp3) is 0.562. The SMILES string of the molecule is COCCOCCOCCOc1cc(CNCCCCNC(=O)C(CCCNC(=O)c2cccc(O)c2O)(CCCNC(=O)c2cccc(O)c2O)CCCNC(=O)c2cccc(O)c2O)cc(OCCOCCOCCOC)c1OCCOCCOCCOC. The molecule has 0 aromatic heterocycles. The molecular weight excluding hydrogens is 1190 g/mol. The van der Waals surface area contributed by atoms with Gasteiger partial charge in [0.05, 0.1) is 116 Å². The summed E-state index contributed by atoms with van der Waals surface area (Å²) >= 11 is 0. The molecule has 4 aromatic rings. The molecule has 0 fully saturated rings. The van der Waals surface area contributed by atoms with E-state index >= 15 is 0 Å². The fourth-order valence-corrected chi connectivity index (χ4v) is 9.13. The quantitative estimate of drug-likeness (QED) is 0.0211. The molecule has 4 aromatic carbocycles. The van der Waals surface area contributed by atoms with E-state index in [-0.39, 0.29) is 127 Å². The van der Waals surface area contributed by atoms with Crippen molar-refractivity contribution in [1.29, 1.82) is 0 Å². The number of phenols is 6. The number of benzene rings is 4. The predicted molar refractivity (Wildman–Crippen MR) is 334 cm³/mol. The maximum atomic E-state index is 14.8. The second-order valence-corrected chi connectivity index (χ2v) is 20.6. The van der Waals surface area contributed by atoms with Crippen LogP contribution in [-0.2, 0) is 54.0 Å². The maximum absolute atomic E-state index is 14.8. The van der Waals surface area contributed by atoms with Crippen LogP contribution in [0.3, 0.4) is 0 Å². The summed E-state index contributed by atoms with van der Waals surface area (Å²) in [6, 6.07) is 15.8. The average Bonchev–Trinajstić information content (AvgIpc) is 2.98. The van der Waals surface area contributed by atoms with E-state index in [1.165, 1.54) is 54.6 Å². The first-order valence-corrected chi connectivity index (χ1v) is 30.6. The second kappa shape index (κ2) is 45.8. The van der Waals surface area contributed by atoms with Crippen LogP contribution in [0.5, 0.6) is 51.7 Å². The molecule has 91 heavy (non-hydrogen) atoms. The summed E-state index contributed by atoms with van der Waals surface area (Å²) in [6.07, 6.45) is 2.61. The minimum absolute atomic E-state index is 0.0642. The normalized spacial score (nSPS) is 11.3. The Kier molecular flexibility index (Phi) is 38.2. The van der Waals surface area contributed by atoms with Crippen molar-refractivity contribution in [2.24, 2.45) is 5.41 Å². The van der Waals surface area contributed by atoms with Gasteiger partial charge in [0.2, 0.25) is 11.7 Å². The molecule has 0 atom stereocenters. The van der Waals surface area contributed by atoms with Gasteiger partial charge >= 0.3 is 0 Å². The van der Waals surface area contributed by atoms with Gasteiger partial charge in [0.15, 0.2) is 46.0 Å². The lowest BCUT2D eigenvalue weighted by molar-refractivity contribution is -0.132. The van der Waals surface area contributed by atoms with Gasteiger partial charge in [-0.25, -0.2) is 0 Å². The van der Waals surface area contributed by atoms with Crippen molar-refractivity contribution in [2.75, 3.05) is 173 Å². The number of carbonyl (C=O) groups excluding carboxylic acids is 4. The summed E-state index contributed by atoms with van der Waals surface area (Å²) in [4.78, 5) is 54.2. The molecule has 508 valence electrons. The largest absolute Gasteiger partial charge is 0.504 e. The van der Waals surface area contributed by atoms with Gasteiger partial charge in [-0.2, -0.15) is 0 Å². The van der Waals surface area contributed by atoms with Gasteiger partial charge in [-0.15, -0.1) is 0 Å². The number of carbonyl (C=O) groups is 4. The van der Waals surface area contributed by atoms with E-state index in [0.717, 1.165) is 5.56 Å². The van der Waals surface area contributed by atoms with E-state index in [4.69, 9.17) is 56.8 Å². The molecule has 0 saturated carbocycles.